The second-order valence-corrected chi connectivity index (χ2v) is 10.3. The highest BCUT2D eigenvalue weighted by Crippen LogP contribution is 2.45. The lowest BCUT2D eigenvalue weighted by molar-refractivity contribution is -0.338. The molecule has 2 aromatic carbocycles. The van der Waals surface area contributed by atoms with Gasteiger partial charge in [-0.15, -0.1) is 0 Å². The van der Waals surface area contributed by atoms with E-state index in [-0.39, 0.29) is 16.9 Å². The Balaban J connectivity index is 1.68. The van der Waals surface area contributed by atoms with E-state index in [2.05, 4.69) is 0 Å². The van der Waals surface area contributed by atoms with Crippen molar-refractivity contribution in [2.75, 3.05) is 6.61 Å². The average Bonchev–Trinajstić information content (AvgIpc) is 2.94. The van der Waals surface area contributed by atoms with Crippen LogP contribution in [0.5, 0.6) is 23.0 Å². The Hall–Kier alpha value is -3.51. The minimum atomic E-state index is -1.89. The Morgan fingerprint density at radius 3 is 2.17 bits per heavy atom. The van der Waals surface area contributed by atoms with Gasteiger partial charge in [-0.3, -0.25) is 4.79 Å². The molecule has 3 heterocycles. The van der Waals surface area contributed by atoms with Gasteiger partial charge in [0.2, 0.25) is 0 Å². The normalized spacial score (nSPS) is 33.6. The van der Waals surface area contributed by atoms with Gasteiger partial charge in [-0.1, -0.05) is 0 Å². The zero-order valence-electron chi connectivity index (χ0n) is 21.9. The van der Waals surface area contributed by atoms with Gasteiger partial charge in [0.1, 0.15) is 71.5 Å². The average molecular weight is 595 g/mol. The van der Waals surface area contributed by atoms with Crippen LogP contribution in [0.1, 0.15) is 18.6 Å². The van der Waals surface area contributed by atoms with Crippen LogP contribution in [0.3, 0.4) is 0 Å². The van der Waals surface area contributed by atoms with Crippen LogP contribution in [-0.4, -0.2) is 113 Å². The SMILES string of the molecule is CC1O[C@@H](OC2[C@@H](O)[C@H](O)C(CO)O[C@H]2c2c(O)cc(O)c3c(=O)cc(-c4ccc(O)c(O)c4)oc23)C(O)[C@@H](O)[C@H]1O. The first kappa shape index (κ1) is 30.0. The predicted octanol–water partition coefficient (Wildman–Crippen LogP) is -1.35. The van der Waals surface area contributed by atoms with Gasteiger partial charge in [-0.2, -0.15) is 0 Å². The number of phenolic OH excluding ortho intramolecular Hbond substituents is 4. The van der Waals surface area contributed by atoms with Crippen LogP contribution in [0.2, 0.25) is 0 Å². The summed E-state index contributed by atoms with van der Waals surface area (Å²) in [7, 11) is 0. The number of hydrogen-bond acceptors (Lipinski definition) is 15. The van der Waals surface area contributed by atoms with Gasteiger partial charge in [-0.25, -0.2) is 0 Å². The topological polar surface area (TPSA) is 260 Å². The zero-order chi connectivity index (χ0) is 30.6. The van der Waals surface area contributed by atoms with Crippen LogP contribution in [0.15, 0.2) is 39.5 Å². The molecule has 5 rings (SSSR count). The highest BCUT2D eigenvalue weighted by Gasteiger charge is 2.51. The van der Waals surface area contributed by atoms with Crippen molar-refractivity contribution >= 4 is 11.0 Å². The Morgan fingerprint density at radius 1 is 0.786 bits per heavy atom. The molecule has 2 aliphatic heterocycles. The summed E-state index contributed by atoms with van der Waals surface area (Å²) in [4.78, 5) is 13.2. The molecule has 0 radical (unpaired) electrons. The van der Waals surface area contributed by atoms with Crippen molar-refractivity contribution in [3.05, 3.63) is 46.1 Å². The zero-order valence-corrected chi connectivity index (χ0v) is 21.9. The van der Waals surface area contributed by atoms with Crippen LogP contribution >= 0.6 is 0 Å². The second-order valence-electron chi connectivity index (χ2n) is 10.3. The number of hydrogen-bond donors (Lipinski definition) is 10. The van der Waals surface area contributed by atoms with E-state index in [9.17, 15) is 55.9 Å². The summed E-state index contributed by atoms with van der Waals surface area (Å²) in [5.41, 5.74) is -1.53. The van der Waals surface area contributed by atoms with Crippen molar-refractivity contribution in [2.45, 2.75) is 68.1 Å². The van der Waals surface area contributed by atoms with Gasteiger partial charge in [0, 0.05) is 17.7 Å². The fourth-order valence-electron chi connectivity index (χ4n) is 5.17. The molecular formula is C27H30O15. The molecule has 1 aromatic heterocycles. The Bertz CT molecular complexity index is 1520. The molecular weight excluding hydrogens is 564 g/mol. The van der Waals surface area contributed by atoms with Crippen molar-refractivity contribution in [2.24, 2.45) is 0 Å². The molecule has 2 saturated heterocycles. The van der Waals surface area contributed by atoms with Crippen LogP contribution in [0, 0.1) is 0 Å². The minimum absolute atomic E-state index is 0.111. The third-order valence-corrected chi connectivity index (χ3v) is 7.51. The fourth-order valence-corrected chi connectivity index (χ4v) is 5.17. The number of aromatic hydroxyl groups is 4. The summed E-state index contributed by atoms with van der Waals surface area (Å²) in [5, 5.41) is 103. The first-order valence-electron chi connectivity index (χ1n) is 12.9. The van der Waals surface area contributed by atoms with E-state index >= 15 is 0 Å². The summed E-state index contributed by atoms with van der Waals surface area (Å²) in [6, 6.07) is 5.33. The lowest BCUT2D eigenvalue weighted by Gasteiger charge is -2.46. The Morgan fingerprint density at radius 2 is 1.50 bits per heavy atom. The number of ether oxygens (including phenoxy) is 3. The van der Waals surface area contributed by atoms with E-state index in [1.807, 2.05) is 0 Å². The van der Waals surface area contributed by atoms with Crippen LogP contribution < -0.4 is 5.43 Å². The van der Waals surface area contributed by atoms with Crippen LogP contribution in [0.4, 0.5) is 0 Å². The van der Waals surface area contributed by atoms with Crippen molar-refractivity contribution in [3.8, 4) is 34.3 Å². The van der Waals surface area contributed by atoms with Gasteiger partial charge in [0.05, 0.1) is 18.3 Å². The van der Waals surface area contributed by atoms with E-state index in [0.29, 0.717) is 0 Å². The van der Waals surface area contributed by atoms with Gasteiger partial charge < -0.3 is 69.7 Å². The highest BCUT2D eigenvalue weighted by molar-refractivity contribution is 5.89. The van der Waals surface area contributed by atoms with Crippen LogP contribution in [0.25, 0.3) is 22.3 Å². The number of aliphatic hydroxyl groups is 6. The van der Waals surface area contributed by atoms with E-state index in [1.54, 1.807) is 0 Å². The molecule has 0 aliphatic carbocycles. The molecule has 10 atom stereocenters. The van der Waals surface area contributed by atoms with E-state index in [0.717, 1.165) is 24.3 Å². The molecule has 15 nitrogen and oxygen atoms in total. The monoisotopic (exact) mass is 594 g/mol. The lowest BCUT2D eigenvalue weighted by atomic mass is 9.89. The molecule has 42 heavy (non-hydrogen) atoms. The number of benzene rings is 2. The van der Waals surface area contributed by atoms with Crippen molar-refractivity contribution in [1.29, 1.82) is 0 Å². The number of phenols is 4. The first-order valence-corrected chi connectivity index (χ1v) is 12.9. The molecule has 2 aliphatic rings. The molecule has 0 amide bonds. The molecule has 0 bridgehead atoms. The molecule has 0 saturated carbocycles. The van der Waals surface area contributed by atoms with Crippen molar-refractivity contribution < 1.29 is 69.7 Å². The summed E-state index contributed by atoms with van der Waals surface area (Å²) >= 11 is 0. The number of fused-ring (bicyclic) bond motifs is 1. The van der Waals surface area contributed by atoms with E-state index < -0.39 is 107 Å². The van der Waals surface area contributed by atoms with Crippen LogP contribution in [-0.2, 0) is 14.2 Å². The molecule has 15 heteroatoms. The van der Waals surface area contributed by atoms with Gasteiger partial charge >= 0.3 is 0 Å². The fraction of sp³-hybridized carbons (Fsp3) is 0.444. The van der Waals surface area contributed by atoms with Crippen molar-refractivity contribution in [1.82, 2.24) is 0 Å². The molecule has 4 unspecified atom stereocenters. The molecule has 0 spiro atoms. The highest BCUT2D eigenvalue weighted by atomic mass is 16.7. The maximum Gasteiger partial charge on any atom is 0.197 e. The maximum atomic E-state index is 13.2. The minimum Gasteiger partial charge on any atom is -0.507 e. The predicted molar refractivity (Wildman–Crippen MR) is 139 cm³/mol. The molecule has 3 aromatic rings. The second kappa shape index (κ2) is 11.3. The quantitative estimate of drug-likeness (QED) is 0.153. The number of rotatable bonds is 5. The van der Waals surface area contributed by atoms with Crippen molar-refractivity contribution in [3.63, 3.8) is 0 Å². The van der Waals surface area contributed by atoms with Gasteiger partial charge in [-0.05, 0) is 25.1 Å². The van der Waals surface area contributed by atoms with E-state index in [1.165, 1.54) is 13.0 Å². The van der Waals surface area contributed by atoms with Gasteiger partial charge in [0.25, 0.3) is 0 Å². The summed E-state index contributed by atoms with van der Waals surface area (Å²) in [6.45, 7) is 0.569. The first-order chi connectivity index (χ1) is 19.8. The smallest absolute Gasteiger partial charge is 0.197 e. The third kappa shape index (κ3) is 5.04. The largest absolute Gasteiger partial charge is 0.507 e. The molecule has 10 N–H and O–H groups in total. The maximum absolute atomic E-state index is 13.2. The number of aliphatic hydroxyl groups excluding tert-OH is 6. The summed E-state index contributed by atoms with van der Waals surface area (Å²) in [5.74, 6) is -2.58. The summed E-state index contributed by atoms with van der Waals surface area (Å²) < 4.78 is 22.9. The lowest BCUT2D eigenvalue weighted by Crippen LogP contribution is -2.61. The Kier molecular flexibility index (Phi) is 8.06. The summed E-state index contributed by atoms with van der Waals surface area (Å²) in [6.07, 6.45) is -16.3. The van der Waals surface area contributed by atoms with E-state index in [4.69, 9.17) is 18.6 Å². The van der Waals surface area contributed by atoms with Gasteiger partial charge in [0.15, 0.2) is 28.8 Å². The Labute approximate surface area is 236 Å². The third-order valence-electron chi connectivity index (χ3n) is 7.51. The standard InChI is InChI=1S/C27H30O15/c1-8-19(34)21(36)23(38)27(39-8)42-26-22(37)20(35)16(7-28)41-25(26)18-13(32)5-12(31)17-14(33)6-15(40-24(17)18)9-2-3-10(29)11(30)4-9/h2-6,8,16,19-23,25-32,34-38H,7H2,1H3/t8?,16?,19-,20+,21-,22-,23?,25-,26?,27-/m0/s1. The molecule has 2 fully saturated rings. The molecule has 228 valence electrons.